The number of hydrogen-bond acceptors (Lipinski definition) is 4. The van der Waals surface area contributed by atoms with Crippen LogP contribution in [0.1, 0.15) is 38.7 Å². The summed E-state index contributed by atoms with van der Waals surface area (Å²) in [6, 6.07) is 12.3. The zero-order chi connectivity index (χ0) is 18.8. The van der Waals surface area contributed by atoms with Crippen molar-refractivity contribution in [3.8, 4) is 0 Å². The molecular formula is C19H30N2O4. The smallest absolute Gasteiger partial charge is 0.414 e. The van der Waals surface area contributed by atoms with E-state index in [4.69, 9.17) is 19.8 Å². The fourth-order valence-corrected chi connectivity index (χ4v) is 3.03. The summed E-state index contributed by atoms with van der Waals surface area (Å²) in [5, 5.41) is 14.8. The SMILES string of the molecule is CCC(C)N1CCC(N(C)Cc2ccccc2)CC1.O=C(O)C(=O)O. The van der Waals surface area contributed by atoms with E-state index in [0.29, 0.717) is 0 Å². The molecule has 1 aromatic rings. The number of likely N-dealkylation sites (tertiary alicyclic amines) is 1. The first kappa shape index (κ1) is 21.1. The third-order valence-electron chi connectivity index (χ3n) is 4.79. The Morgan fingerprint density at radius 2 is 1.68 bits per heavy atom. The molecule has 140 valence electrons. The highest BCUT2D eigenvalue weighted by molar-refractivity contribution is 6.27. The van der Waals surface area contributed by atoms with E-state index in [0.717, 1.165) is 18.6 Å². The first-order valence-electron chi connectivity index (χ1n) is 8.79. The molecule has 0 radical (unpaired) electrons. The Hall–Kier alpha value is -1.92. The van der Waals surface area contributed by atoms with Gasteiger partial charge in [0.05, 0.1) is 0 Å². The summed E-state index contributed by atoms with van der Waals surface area (Å²) in [7, 11) is 2.27. The highest BCUT2D eigenvalue weighted by Gasteiger charge is 2.24. The molecule has 1 unspecified atom stereocenters. The fraction of sp³-hybridized carbons (Fsp3) is 0.579. The third kappa shape index (κ3) is 7.67. The monoisotopic (exact) mass is 350 g/mol. The minimum absolute atomic E-state index is 0.750. The number of aliphatic carboxylic acids is 2. The van der Waals surface area contributed by atoms with Gasteiger partial charge in [0.15, 0.2) is 0 Å². The van der Waals surface area contributed by atoms with Crippen LogP contribution in [0.25, 0.3) is 0 Å². The first-order chi connectivity index (χ1) is 11.8. The molecule has 1 aliphatic rings. The second-order valence-electron chi connectivity index (χ2n) is 6.54. The summed E-state index contributed by atoms with van der Waals surface area (Å²) in [6.45, 7) is 8.25. The van der Waals surface area contributed by atoms with Crippen LogP contribution in [0.5, 0.6) is 0 Å². The number of nitrogens with zero attached hydrogens (tertiary/aromatic N) is 2. The van der Waals surface area contributed by atoms with Gasteiger partial charge in [-0.1, -0.05) is 37.3 Å². The Kier molecular flexibility index (Phi) is 9.16. The van der Waals surface area contributed by atoms with Crippen molar-refractivity contribution in [1.82, 2.24) is 9.80 Å². The molecular weight excluding hydrogens is 320 g/mol. The second kappa shape index (κ2) is 10.8. The maximum Gasteiger partial charge on any atom is 0.414 e. The summed E-state index contributed by atoms with van der Waals surface area (Å²) < 4.78 is 0. The number of hydrogen-bond donors (Lipinski definition) is 2. The van der Waals surface area contributed by atoms with Gasteiger partial charge in [-0.15, -0.1) is 0 Å². The zero-order valence-electron chi connectivity index (χ0n) is 15.4. The lowest BCUT2D eigenvalue weighted by Crippen LogP contribution is -2.46. The number of benzene rings is 1. The maximum atomic E-state index is 9.10. The molecule has 6 heteroatoms. The Balaban J connectivity index is 0.000000450. The van der Waals surface area contributed by atoms with Gasteiger partial charge in [0.2, 0.25) is 0 Å². The van der Waals surface area contributed by atoms with E-state index in [2.05, 4.69) is 61.0 Å². The summed E-state index contributed by atoms with van der Waals surface area (Å²) in [5.41, 5.74) is 1.43. The molecule has 1 aromatic carbocycles. The van der Waals surface area contributed by atoms with Crippen molar-refractivity contribution in [2.45, 2.75) is 51.7 Å². The molecule has 25 heavy (non-hydrogen) atoms. The van der Waals surface area contributed by atoms with Crippen LogP contribution in [0.2, 0.25) is 0 Å². The fourth-order valence-electron chi connectivity index (χ4n) is 3.03. The predicted molar refractivity (Wildman–Crippen MR) is 97.5 cm³/mol. The largest absolute Gasteiger partial charge is 0.473 e. The first-order valence-corrected chi connectivity index (χ1v) is 8.79. The highest BCUT2D eigenvalue weighted by atomic mass is 16.4. The Labute approximate surface area is 150 Å². The average Bonchev–Trinajstić information content (AvgIpc) is 2.62. The summed E-state index contributed by atoms with van der Waals surface area (Å²) in [5.74, 6) is -3.65. The van der Waals surface area contributed by atoms with Gasteiger partial charge >= 0.3 is 11.9 Å². The normalized spacial score (nSPS) is 16.8. The van der Waals surface area contributed by atoms with Crippen molar-refractivity contribution < 1.29 is 19.8 Å². The molecule has 1 heterocycles. The van der Waals surface area contributed by atoms with Crippen LogP contribution in [0.15, 0.2) is 30.3 Å². The van der Waals surface area contributed by atoms with E-state index in [-0.39, 0.29) is 0 Å². The van der Waals surface area contributed by atoms with E-state index in [1.165, 1.54) is 37.9 Å². The Bertz CT molecular complexity index is 515. The molecule has 6 nitrogen and oxygen atoms in total. The van der Waals surface area contributed by atoms with E-state index in [1.54, 1.807) is 0 Å². The molecule has 1 saturated heterocycles. The second-order valence-corrected chi connectivity index (χ2v) is 6.54. The molecule has 2 rings (SSSR count). The third-order valence-corrected chi connectivity index (χ3v) is 4.79. The summed E-state index contributed by atoms with van der Waals surface area (Å²) >= 11 is 0. The van der Waals surface area contributed by atoms with Crippen LogP contribution < -0.4 is 0 Å². The van der Waals surface area contributed by atoms with Crippen LogP contribution in [-0.2, 0) is 16.1 Å². The van der Waals surface area contributed by atoms with Crippen LogP contribution in [-0.4, -0.2) is 64.2 Å². The van der Waals surface area contributed by atoms with Gasteiger partial charge < -0.3 is 15.1 Å². The van der Waals surface area contributed by atoms with Gasteiger partial charge in [0.25, 0.3) is 0 Å². The van der Waals surface area contributed by atoms with Crippen molar-refractivity contribution in [2.75, 3.05) is 20.1 Å². The number of carboxylic acid groups (broad SMARTS) is 2. The van der Waals surface area contributed by atoms with E-state index in [9.17, 15) is 0 Å². The highest BCUT2D eigenvalue weighted by Crippen LogP contribution is 2.19. The van der Waals surface area contributed by atoms with Crippen LogP contribution in [0.3, 0.4) is 0 Å². The number of carbonyl (C=O) groups is 2. The lowest BCUT2D eigenvalue weighted by atomic mass is 10.0. The van der Waals surface area contributed by atoms with Crippen molar-refractivity contribution in [1.29, 1.82) is 0 Å². The topological polar surface area (TPSA) is 81.1 Å². The molecule has 0 amide bonds. The van der Waals surface area contributed by atoms with Gasteiger partial charge in [-0.25, -0.2) is 9.59 Å². The molecule has 0 spiro atoms. The number of rotatable bonds is 5. The summed E-state index contributed by atoms with van der Waals surface area (Å²) in [4.78, 5) is 23.4. The van der Waals surface area contributed by atoms with Crippen molar-refractivity contribution in [3.63, 3.8) is 0 Å². The van der Waals surface area contributed by atoms with Crippen LogP contribution in [0, 0.1) is 0 Å². The number of carboxylic acids is 2. The van der Waals surface area contributed by atoms with E-state index < -0.39 is 11.9 Å². The Morgan fingerprint density at radius 3 is 2.12 bits per heavy atom. The van der Waals surface area contributed by atoms with Crippen molar-refractivity contribution in [2.24, 2.45) is 0 Å². The van der Waals surface area contributed by atoms with E-state index >= 15 is 0 Å². The Morgan fingerprint density at radius 1 is 1.16 bits per heavy atom. The molecule has 2 N–H and O–H groups in total. The van der Waals surface area contributed by atoms with Crippen molar-refractivity contribution in [3.05, 3.63) is 35.9 Å². The van der Waals surface area contributed by atoms with Gasteiger partial charge in [0.1, 0.15) is 0 Å². The van der Waals surface area contributed by atoms with Gasteiger partial charge in [-0.05, 0) is 51.9 Å². The molecule has 1 fully saturated rings. The van der Waals surface area contributed by atoms with Crippen molar-refractivity contribution >= 4 is 11.9 Å². The minimum atomic E-state index is -1.82. The van der Waals surface area contributed by atoms with E-state index in [1.807, 2.05) is 0 Å². The van der Waals surface area contributed by atoms with Gasteiger partial charge in [-0.2, -0.15) is 0 Å². The predicted octanol–water partition coefficient (Wildman–Crippen LogP) is 2.54. The maximum absolute atomic E-state index is 9.10. The molecule has 0 aliphatic carbocycles. The van der Waals surface area contributed by atoms with Gasteiger partial charge in [0, 0.05) is 18.6 Å². The average molecular weight is 350 g/mol. The minimum Gasteiger partial charge on any atom is -0.473 e. The van der Waals surface area contributed by atoms with Crippen LogP contribution >= 0.6 is 0 Å². The number of piperidine rings is 1. The molecule has 0 aromatic heterocycles. The van der Waals surface area contributed by atoms with Crippen LogP contribution in [0.4, 0.5) is 0 Å². The molecule has 0 bridgehead atoms. The molecule has 1 aliphatic heterocycles. The standard InChI is InChI=1S/C17H28N2.C2H2O4/c1-4-15(2)19-12-10-17(11-13-19)18(3)14-16-8-6-5-7-9-16;3-1(4)2(5)6/h5-9,15,17H,4,10-14H2,1-3H3;(H,3,4)(H,5,6). The molecule has 1 atom stereocenters. The zero-order valence-corrected chi connectivity index (χ0v) is 15.4. The summed E-state index contributed by atoms with van der Waals surface area (Å²) in [6.07, 6.45) is 3.89. The molecule has 0 saturated carbocycles. The quantitative estimate of drug-likeness (QED) is 0.794. The van der Waals surface area contributed by atoms with Gasteiger partial charge in [-0.3, -0.25) is 4.90 Å². The lowest BCUT2D eigenvalue weighted by Gasteiger charge is -2.39. The lowest BCUT2D eigenvalue weighted by molar-refractivity contribution is -0.159.